The zero-order chi connectivity index (χ0) is 22.6. The number of rotatable bonds is 6. The van der Waals surface area contributed by atoms with Gasteiger partial charge in [0.25, 0.3) is 0 Å². The molecule has 0 radical (unpaired) electrons. The van der Waals surface area contributed by atoms with Crippen molar-refractivity contribution in [2.24, 2.45) is 0 Å². The fraction of sp³-hybridized carbons (Fsp3) is 0.0800. The van der Waals surface area contributed by atoms with Crippen molar-refractivity contribution in [3.05, 3.63) is 103 Å². The zero-order valence-electron chi connectivity index (χ0n) is 17.9. The maximum Gasteiger partial charge on any atom is 0.244 e. The normalized spacial score (nSPS) is 12.3. The summed E-state index contributed by atoms with van der Waals surface area (Å²) in [4.78, 5) is 16.9. The van der Waals surface area contributed by atoms with Gasteiger partial charge in [0.1, 0.15) is 5.69 Å². The van der Waals surface area contributed by atoms with Gasteiger partial charge in [0, 0.05) is 42.0 Å². The van der Waals surface area contributed by atoms with Gasteiger partial charge in [-0.3, -0.25) is 14.2 Å². The van der Waals surface area contributed by atoms with Crippen molar-refractivity contribution in [1.82, 2.24) is 34.7 Å². The molecular formula is C25H21N7O. The minimum absolute atomic E-state index is 0.236. The number of amides is 1. The third-order valence-corrected chi connectivity index (χ3v) is 5.20. The molecule has 0 aliphatic heterocycles. The summed E-state index contributed by atoms with van der Waals surface area (Å²) < 4.78 is 3.66. The van der Waals surface area contributed by atoms with Crippen molar-refractivity contribution >= 4 is 17.6 Å². The molecule has 1 unspecified atom stereocenters. The largest absolute Gasteiger partial charge is 0.343 e. The van der Waals surface area contributed by atoms with Crippen LogP contribution in [0, 0.1) is 0 Å². The number of aromatic nitrogens is 6. The molecule has 1 atom stereocenters. The quantitative estimate of drug-likeness (QED) is 0.409. The van der Waals surface area contributed by atoms with Crippen LogP contribution in [0.3, 0.4) is 0 Å². The van der Waals surface area contributed by atoms with Crippen LogP contribution in [-0.4, -0.2) is 35.3 Å². The number of nitrogens with zero attached hydrogens (tertiary/aromatic N) is 6. The van der Waals surface area contributed by atoms with Crippen LogP contribution in [0.25, 0.3) is 28.7 Å². The van der Waals surface area contributed by atoms with E-state index in [0.717, 1.165) is 28.2 Å². The number of para-hydroxylation sites is 1. The van der Waals surface area contributed by atoms with E-state index < -0.39 is 0 Å². The summed E-state index contributed by atoms with van der Waals surface area (Å²) in [5.74, 6) is 0.431. The van der Waals surface area contributed by atoms with Gasteiger partial charge in [-0.1, -0.05) is 24.3 Å². The van der Waals surface area contributed by atoms with E-state index in [2.05, 4.69) is 20.5 Å². The van der Waals surface area contributed by atoms with Gasteiger partial charge >= 0.3 is 0 Å². The summed E-state index contributed by atoms with van der Waals surface area (Å²) in [7, 11) is 0. The molecule has 33 heavy (non-hydrogen) atoms. The van der Waals surface area contributed by atoms with Crippen molar-refractivity contribution in [1.29, 1.82) is 0 Å². The third-order valence-electron chi connectivity index (χ3n) is 5.20. The van der Waals surface area contributed by atoms with Gasteiger partial charge in [0.2, 0.25) is 5.91 Å². The lowest BCUT2D eigenvalue weighted by Gasteiger charge is -2.10. The van der Waals surface area contributed by atoms with Crippen LogP contribution in [-0.2, 0) is 4.79 Å². The van der Waals surface area contributed by atoms with Gasteiger partial charge in [-0.05, 0) is 49.4 Å². The van der Waals surface area contributed by atoms with Crippen molar-refractivity contribution in [3.8, 4) is 16.9 Å². The molecule has 1 aromatic carbocycles. The highest BCUT2D eigenvalue weighted by atomic mass is 16.1. The molecule has 1 N–H and O–H groups in total. The van der Waals surface area contributed by atoms with Crippen molar-refractivity contribution in [2.45, 2.75) is 13.0 Å². The fourth-order valence-electron chi connectivity index (χ4n) is 3.60. The second-order valence-corrected chi connectivity index (χ2v) is 7.51. The molecule has 0 spiro atoms. The minimum atomic E-state index is -0.315. The van der Waals surface area contributed by atoms with E-state index in [0.29, 0.717) is 5.82 Å². The standard InChI is InChI=1S/C25H21N7O/c1-18(25-29-28-22-11-5-6-15-31(22)25)27-23(33)13-12-20-17-32(21-9-3-2-4-10-21)30-24(20)19-8-7-14-26-16-19/h2-18H,1H3,(H,27,33)/b13-12+. The Bertz CT molecular complexity index is 1420. The Balaban J connectivity index is 1.40. The number of benzene rings is 1. The second kappa shape index (κ2) is 8.88. The molecule has 0 saturated heterocycles. The molecule has 4 heterocycles. The van der Waals surface area contributed by atoms with E-state index in [-0.39, 0.29) is 11.9 Å². The highest BCUT2D eigenvalue weighted by Crippen LogP contribution is 2.24. The van der Waals surface area contributed by atoms with Gasteiger partial charge in [-0.15, -0.1) is 10.2 Å². The van der Waals surface area contributed by atoms with Crippen molar-refractivity contribution in [2.75, 3.05) is 0 Å². The molecule has 0 bridgehead atoms. The Morgan fingerprint density at radius 2 is 1.88 bits per heavy atom. The fourth-order valence-corrected chi connectivity index (χ4v) is 3.60. The van der Waals surface area contributed by atoms with E-state index in [1.165, 1.54) is 6.08 Å². The molecular weight excluding hydrogens is 414 g/mol. The average molecular weight is 435 g/mol. The molecule has 5 rings (SSSR count). The Hall–Kier alpha value is -4.59. The van der Waals surface area contributed by atoms with E-state index in [1.54, 1.807) is 23.2 Å². The SMILES string of the molecule is CC(NC(=O)/C=C/c1cn(-c2ccccc2)nc1-c1cccnc1)c1nnc2ccccn12. The Kier molecular flexibility index (Phi) is 5.47. The van der Waals surface area contributed by atoms with E-state index in [1.807, 2.05) is 84.4 Å². The first-order chi connectivity index (χ1) is 16.2. The number of carbonyl (C=O) groups excluding carboxylic acids is 1. The van der Waals surface area contributed by atoms with Crippen LogP contribution >= 0.6 is 0 Å². The first kappa shape index (κ1) is 20.3. The van der Waals surface area contributed by atoms with Gasteiger partial charge in [-0.25, -0.2) is 4.68 Å². The van der Waals surface area contributed by atoms with Crippen LogP contribution in [0.15, 0.2) is 91.5 Å². The summed E-state index contributed by atoms with van der Waals surface area (Å²) in [5, 5.41) is 16.0. The maximum absolute atomic E-state index is 12.7. The first-order valence-corrected chi connectivity index (χ1v) is 10.5. The number of carbonyl (C=O) groups is 1. The van der Waals surface area contributed by atoms with Gasteiger partial charge in [0.05, 0.1) is 11.7 Å². The summed E-state index contributed by atoms with van der Waals surface area (Å²) >= 11 is 0. The third kappa shape index (κ3) is 4.27. The lowest BCUT2D eigenvalue weighted by Crippen LogP contribution is -2.26. The molecule has 0 aliphatic rings. The van der Waals surface area contributed by atoms with Crippen LogP contribution < -0.4 is 5.32 Å². The smallest absolute Gasteiger partial charge is 0.244 e. The number of pyridine rings is 2. The number of nitrogens with one attached hydrogen (secondary N) is 1. The maximum atomic E-state index is 12.7. The molecule has 4 aromatic heterocycles. The lowest BCUT2D eigenvalue weighted by molar-refractivity contribution is -0.117. The lowest BCUT2D eigenvalue weighted by atomic mass is 10.1. The molecule has 0 saturated carbocycles. The summed E-state index contributed by atoms with van der Waals surface area (Å²) in [6.45, 7) is 1.88. The van der Waals surface area contributed by atoms with Gasteiger partial charge in [0.15, 0.2) is 11.5 Å². The molecule has 0 aliphatic carbocycles. The molecule has 0 fully saturated rings. The summed E-state index contributed by atoms with van der Waals surface area (Å²) in [6.07, 6.45) is 10.5. The van der Waals surface area contributed by atoms with Crippen molar-refractivity contribution in [3.63, 3.8) is 0 Å². The number of hydrogen-bond acceptors (Lipinski definition) is 5. The average Bonchev–Trinajstić information content (AvgIpc) is 3.49. The van der Waals surface area contributed by atoms with Crippen LogP contribution in [0.5, 0.6) is 0 Å². The minimum Gasteiger partial charge on any atom is -0.343 e. The van der Waals surface area contributed by atoms with Crippen LogP contribution in [0.4, 0.5) is 0 Å². The van der Waals surface area contributed by atoms with Crippen molar-refractivity contribution < 1.29 is 4.79 Å². The van der Waals surface area contributed by atoms with Crippen LogP contribution in [0.1, 0.15) is 24.4 Å². The number of hydrogen-bond donors (Lipinski definition) is 1. The van der Waals surface area contributed by atoms with E-state index in [4.69, 9.17) is 5.10 Å². The van der Waals surface area contributed by atoms with E-state index in [9.17, 15) is 4.79 Å². The molecule has 8 nitrogen and oxygen atoms in total. The van der Waals surface area contributed by atoms with Gasteiger partial charge < -0.3 is 5.32 Å². The Labute approximate surface area is 190 Å². The monoisotopic (exact) mass is 435 g/mol. The highest BCUT2D eigenvalue weighted by molar-refractivity contribution is 5.93. The topological polar surface area (TPSA) is 90.0 Å². The second-order valence-electron chi connectivity index (χ2n) is 7.51. The molecule has 8 heteroatoms. The zero-order valence-corrected chi connectivity index (χ0v) is 17.9. The predicted octanol–water partition coefficient (Wildman–Crippen LogP) is 3.87. The molecule has 1 amide bonds. The Morgan fingerprint density at radius 1 is 1.03 bits per heavy atom. The first-order valence-electron chi connectivity index (χ1n) is 10.5. The Morgan fingerprint density at radius 3 is 2.70 bits per heavy atom. The predicted molar refractivity (Wildman–Crippen MR) is 125 cm³/mol. The summed E-state index contributed by atoms with van der Waals surface area (Å²) in [5.41, 5.74) is 4.09. The summed E-state index contributed by atoms with van der Waals surface area (Å²) in [6, 6.07) is 19.0. The molecule has 162 valence electrons. The highest BCUT2D eigenvalue weighted by Gasteiger charge is 2.15. The number of fused-ring (bicyclic) bond motifs is 1. The molecule has 5 aromatic rings. The van der Waals surface area contributed by atoms with Gasteiger partial charge in [-0.2, -0.15) is 5.10 Å². The van der Waals surface area contributed by atoms with E-state index >= 15 is 0 Å². The van der Waals surface area contributed by atoms with Crippen LogP contribution in [0.2, 0.25) is 0 Å².